The summed E-state index contributed by atoms with van der Waals surface area (Å²) < 4.78 is 74.7. The van der Waals surface area contributed by atoms with Gasteiger partial charge in [-0.05, 0) is 39.5 Å². The Hall–Kier alpha value is -9.56. The van der Waals surface area contributed by atoms with Crippen LogP contribution in [-0.4, -0.2) is 64.5 Å². The lowest BCUT2D eigenvalue weighted by atomic mass is 9.70. The lowest BCUT2D eigenvalue weighted by Gasteiger charge is -2.49. The molecule has 1 unspecified atom stereocenters. The van der Waals surface area contributed by atoms with Gasteiger partial charge in [-0.1, -0.05) is 259 Å². The van der Waals surface area contributed by atoms with Crippen LogP contribution in [0.25, 0.3) is 0 Å². The molecule has 0 spiro atoms. The highest BCUT2D eigenvalue weighted by Crippen LogP contribution is 2.49. The third-order valence-electron chi connectivity index (χ3n) is 14.5. The molecule has 0 aliphatic carbocycles. The number of nitrogens with two attached hydrogens (primary N) is 1. The maximum absolute atomic E-state index is 15.7. The van der Waals surface area contributed by atoms with Gasteiger partial charge in [-0.2, -0.15) is 21.6 Å². The predicted octanol–water partition coefficient (Wildman–Crippen LogP) is 12.2. The standard InChI is InChI=1S/C66H50F3N5O8S3/c67-66(68,69)85(78,79)80-42-41-46-43-83-61-55(60(76)74(61)56(46)62(77)81-57(44-25-9-1-10-26-44)45-27-11-2-12-28-45)71-59(75)54(73-82-65(50-35-19-6-20-36-50,51-37-21-7-22-38-51)52-39-23-8-24-40-52)53-58(70)84-63(72-53)64(47-29-13-3-14-30-47,48-31-15-4-16-32-48)49-33-17-5-18-34-49/h1-42,55,57,61H,43,70H2,(H,71,75)/t55?,61-/m1/s1. The van der Waals surface area contributed by atoms with Crippen molar-refractivity contribution in [3.05, 3.63) is 321 Å². The summed E-state index contributed by atoms with van der Waals surface area (Å²) in [5.74, 6) is -3.08. The topological polar surface area (TPSA) is 180 Å². The summed E-state index contributed by atoms with van der Waals surface area (Å²) >= 11 is 2.17. The van der Waals surface area contributed by atoms with E-state index in [-0.39, 0.29) is 28.3 Å². The summed E-state index contributed by atoms with van der Waals surface area (Å²) in [4.78, 5) is 58.8. The summed E-state index contributed by atoms with van der Waals surface area (Å²) in [5.41, 5.74) is 3.22. The average Bonchev–Trinajstić information content (AvgIpc) is 2.38. The first kappa shape index (κ1) is 57.3. The molecule has 2 aliphatic heterocycles. The lowest BCUT2D eigenvalue weighted by molar-refractivity contribution is -0.154. The van der Waals surface area contributed by atoms with Crippen molar-refractivity contribution in [1.29, 1.82) is 0 Å². The van der Waals surface area contributed by atoms with Crippen molar-refractivity contribution in [3.63, 3.8) is 0 Å². The van der Waals surface area contributed by atoms with Gasteiger partial charge in [0.1, 0.15) is 39.1 Å². The highest BCUT2D eigenvalue weighted by atomic mass is 32.2. The second-order valence-corrected chi connectivity index (χ2v) is 23.2. The fourth-order valence-electron chi connectivity index (χ4n) is 10.5. The van der Waals surface area contributed by atoms with Gasteiger partial charge >= 0.3 is 21.6 Å². The number of thioether (sulfide) groups is 1. The number of aromatic nitrogens is 1. The van der Waals surface area contributed by atoms with Crippen molar-refractivity contribution in [2.75, 3.05) is 11.5 Å². The van der Waals surface area contributed by atoms with Crippen molar-refractivity contribution in [1.82, 2.24) is 15.2 Å². The van der Waals surface area contributed by atoms with E-state index in [1.165, 1.54) is 0 Å². The Bertz CT molecular complexity index is 3820. The molecule has 0 saturated carbocycles. The molecule has 3 heterocycles. The number of fused-ring (bicyclic) bond motifs is 1. The van der Waals surface area contributed by atoms with Gasteiger partial charge in [0, 0.05) is 22.4 Å². The van der Waals surface area contributed by atoms with Gasteiger partial charge in [0.05, 0.1) is 5.41 Å². The molecule has 2 aliphatic rings. The molecular formula is C66H50F3N5O8S3. The molecule has 3 N–H and O–H groups in total. The number of oxime groups is 1. The number of anilines is 1. The Morgan fingerprint density at radius 2 is 1.06 bits per heavy atom. The average molecular weight is 1190 g/mol. The number of allylic oxidation sites excluding steroid dienone is 1. The van der Waals surface area contributed by atoms with Crippen molar-refractivity contribution < 1.29 is 49.7 Å². The zero-order valence-corrected chi connectivity index (χ0v) is 47.2. The Morgan fingerprint density at radius 1 is 0.647 bits per heavy atom. The molecule has 1 saturated heterocycles. The highest BCUT2D eigenvalue weighted by Gasteiger charge is 2.55. The molecule has 85 heavy (non-hydrogen) atoms. The lowest BCUT2D eigenvalue weighted by Crippen LogP contribution is -2.71. The largest absolute Gasteiger partial charge is 0.534 e. The van der Waals surface area contributed by atoms with E-state index in [0.29, 0.717) is 32.8 Å². The molecule has 13 nitrogen and oxygen atoms in total. The Kier molecular flexibility index (Phi) is 16.4. The van der Waals surface area contributed by atoms with E-state index in [1.807, 2.05) is 182 Å². The second-order valence-electron chi connectivity index (χ2n) is 19.5. The van der Waals surface area contributed by atoms with Crippen LogP contribution in [0.2, 0.25) is 0 Å². The number of thiazole rings is 1. The third kappa shape index (κ3) is 11.1. The number of carbonyl (C=O) groups excluding carboxylic acids is 3. The molecule has 1 fully saturated rings. The number of amides is 2. The molecular weight excluding hydrogens is 1140 g/mol. The molecule has 0 radical (unpaired) electrons. The molecule has 2 atom stereocenters. The zero-order valence-electron chi connectivity index (χ0n) is 44.7. The van der Waals surface area contributed by atoms with Crippen molar-refractivity contribution >= 4 is 61.7 Å². The first-order valence-electron chi connectivity index (χ1n) is 26.5. The molecule has 8 aromatic carbocycles. The monoisotopic (exact) mass is 1190 g/mol. The number of rotatable bonds is 19. The van der Waals surface area contributed by atoms with Crippen LogP contribution in [-0.2, 0) is 49.3 Å². The van der Waals surface area contributed by atoms with E-state index in [4.69, 9.17) is 25.4 Å². The van der Waals surface area contributed by atoms with Crippen LogP contribution in [0.4, 0.5) is 18.2 Å². The van der Waals surface area contributed by atoms with Gasteiger partial charge in [0.25, 0.3) is 11.8 Å². The number of nitrogens with zero attached hydrogens (tertiary/aromatic N) is 3. The van der Waals surface area contributed by atoms with Gasteiger partial charge < -0.3 is 24.8 Å². The van der Waals surface area contributed by atoms with Crippen LogP contribution in [0, 0.1) is 0 Å². The fourth-order valence-corrected chi connectivity index (χ4v) is 13.3. The van der Waals surface area contributed by atoms with Crippen LogP contribution < -0.4 is 11.1 Å². The molecule has 11 rings (SSSR count). The van der Waals surface area contributed by atoms with Gasteiger partial charge in [-0.15, -0.1) is 11.8 Å². The van der Waals surface area contributed by atoms with E-state index >= 15 is 4.79 Å². The number of β-lactam (4-membered cyclic amide) rings is 1. The van der Waals surface area contributed by atoms with Gasteiger partial charge in [0.15, 0.2) is 11.8 Å². The number of hydrogen-bond acceptors (Lipinski definition) is 13. The first-order valence-corrected chi connectivity index (χ1v) is 29.8. The quantitative estimate of drug-likeness (QED) is 0.0115. The normalized spacial score (nSPS) is 15.7. The van der Waals surface area contributed by atoms with E-state index < -0.39 is 73.4 Å². The molecule has 2 amide bonds. The number of halogens is 3. The summed E-state index contributed by atoms with van der Waals surface area (Å²) in [6.07, 6.45) is 0.0754. The first-order chi connectivity index (χ1) is 41.2. The van der Waals surface area contributed by atoms with Gasteiger partial charge in [0.2, 0.25) is 5.60 Å². The SMILES string of the molecule is Nc1sc(C(c2ccccc2)(c2ccccc2)c2ccccc2)nc1C(=NOC(c1ccccc1)(c1ccccc1)c1ccccc1)C(=O)NC1C(=O)N2C(C(=O)OC(c3ccccc3)c3ccccc3)=C(C=COS(=O)(=O)C(F)(F)F)CS[C@H]12. The summed E-state index contributed by atoms with van der Waals surface area (Å²) in [6.45, 7) is 0. The third-order valence-corrected chi connectivity index (χ3v) is 17.7. The Morgan fingerprint density at radius 3 is 1.48 bits per heavy atom. The number of benzene rings is 8. The van der Waals surface area contributed by atoms with E-state index in [0.717, 1.165) is 50.8 Å². The van der Waals surface area contributed by atoms with Gasteiger partial charge in [-0.3, -0.25) is 14.5 Å². The van der Waals surface area contributed by atoms with E-state index in [9.17, 15) is 31.2 Å². The second kappa shape index (κ2) is 24.3. The minimum atomic E-state index is -6.11. The zero-order chi connectivity index (χ0) is 59.2. The molecule has 426 valence electrons. The number of alkyl halides is 3. The van der Waals surface area contributed by atoms with Gasteiger partial charge in [-0.25, -0.2) is 9.78 Å². The maximum atomic E-state index is 15.7. The summed E-state index contributed by atoms with van der Waals surface area (Å²) in [5, 5.41) is 7.18. The maximum Gasteiger partial charge on any atom is 0.534 e. The molecule has 1 aromatic heterocycles. The summed E-state index contributed by atoms with van der Waals surface area (Å²) in [6, 6.07) is 73.3. The van der Waals surface area contributed by atoms with Crippen LogP contribution in [0.15, 0.2) is 271 Å². The number of nitrogens with one attached hydrogen (secondary N) is 1. The Labute approximate surface area is 496 Å². The Balaban J connectivity index is 1.03. The number of carbonyl (C=O) groups is 3. The van der Waals surface area contributed by atoms with Crippen molar-refractivity contribution in [2.24, 2.45) is 5.16 Å². The highest BCUT2D eigenvalue weighted by molar-refractivity contribution is 8.00. The smallest absolute Gasteiger partial charge is 0.448 e. The number of ether oxygens (including phenoxy) is 1. The van der Waals surface area contributed by atoms with Crippen LogP contribution in [0.5, 0.6) is 0 Å². The molecule has 19 heteroatoms. The van der Waals surface area contributed by atoms with Crippen LogP contribution >= 0.6 is 23.1 Å². The van der Waals surface area contributed by atoms with Crippen LogP contribution in [0.3, 0.4) is 0 Å². The van der Waals surface area contributed by atoms with E-state index in [1.54, 1.807) is 60.7 Å². The molecule has 9 aromatic rings. The summed E-state index contributed by atoms with van der Waals surface area (Å²) in [7, 11) is -6.11. The number of nitrogen functional groups attached to an aromatic ring is 1. The fraction of sp³-hybridized carbons (Fsp3) is 0.106. The number of hydrogen-bond donors (Lipinski definition) is 2. The minimum absolute atomic E-state index is 0.0727. The number of esters is 1. The molecule has 0 bridgehead atoms. The van der Waals surface area contributed by atoms with Crippen LogP contribution in [0.1, 0.15) is 61.3 Å². The predicted molar refractivity (Wildman–Crippen MR) is 320 cm³/mol. The van der Waals surface area contributed by atoms with Crippen molar-refractivity contribution in [2.45, 2.75) is 34.0 Å². The van der Waals surface area contributed by atoms with E-state index in [2.05, 4.69) is 9.50 Å². The van der Waals surface area contributed by atoms with Crippen molar-refractivity contribution in [3.8, 4) is 0 Å². The minimum Gasteiger partial charge on any atom is -0.448 e.